The first kappa shape index (κ1) is 21.1. The summed E-state index contributed by atoms with van der Waals surface area (Å²) in [7, 11) is 0. The third-order valence-corrected chi connectivity index (χ3v) is 5.33. The molecule has 0 spiro atoms. The minimum absolute atomic E-state index is 0.105. The second-order valence-corrected chi connectivity index (χ2v) is 7.55. The van der Waals surface area contributed by atoms with Gasteiger partial charge in [0.1, 0.15) is 22.8 Å². The average molecular weight is 458 g/mol. The molecule has 33 heavy (non-hydrogen) atoms. The van der Waals surface area contributed by atoms with Crippen molar-refractivity contribution in [2.45, 2.75) is 18.9 Å². The maximum atomic E-state index is 14.3. The number of benzene rings is 2. The first-order valence-corrected chi connectivity index (χ1v) is 10.2. The summed E-state index contributed by atoms with van der Waals surface area (Å²) in [4.78, 5) is 13.2. The second kappa shape index (κ2) is 8.66. The molecule has 3 heterocycles. The molecule has 7 nitrogen and oxygen atoms in total. The van der Waals surface area contributed by atoms with E-state index < -0.39 is 23.1 Å². The third-order valence-electron chi connectivity index (χ3n) is 5.33. The predicted octanol–water partition coefficient (Wildman–Crippen LogP) is 5.22. The fraction of sp³-hybridized carbons (Fsp3) is 0.227. The van der Waals surface area contributed by atoms with Crippen LogP contribution in [0.3, 0.4) is 0 Å². The van der Waals surface area contributed by atoms with Crippen LogP contribution in [0.25, 0.3) is 11.2 Å². The number of halogens is 4. The molecule has 2 N–H and O–H groups in total. The Morgan fingerprint density at radius 1 is 0.879 bits per heavy atom. The number of hydrogen-bond acceptors (Lipinski definition) is 6. The number of rotatable bonds is 5. The normalized spacial score (nSPS) is 14.5. The number of hydrogen-bond donors (Lipinski definition) is 2. The number of fused-ring (bicyclic) bond motifs is 1. The van der Waals surface area contributed by atoms with Gasteiger partial charge in [-0.2, -0.15) is 4.98 Å². The van der Waals surface area contributed by atoms with Crippen molar-refractivity contribution in [3.63, 3.8) is 0 Å². The molecule has 0 bridgehead atoms. The van der Waals surface area contributed by atoms with E-state index in [1.807, 2.05) is 0 Å². The number of nitrogens with zero attached hydrogens (tertiary/aromatic N) is 4. The highest BCUT2D eigenvalue weighted by molar-refractivity contribution is 5.77. The Bertz CT molecular complexity index is 1280. The minimum Gasteiger partial charge on any atom is -0.381 e. The minimum atomic E-state index is -1.08. The smallest absolute Gasteiger partial charge is 0.229 e. The molecule has 1 fully saturated rings. The average Bonchev–Trinajstić information content (AvgIpc) is 3.15. The van der Waals surface area contributed by atoms with Crippen LogP contribution >= 0.6 is 0 Å². The molecule has 0 atom stereocenters. The number of ether oxygens (including phenoxy) is 1. The number of aromatic nitrogens is 4. The Labute approximate surface area is 185 Å². The molecule has 1 aliphatic heterocycles. The van der Waals surface area contributed by atoms with Gasteiger partial charge in [0, 0.05) is 37.1 Å². The molecule has 5 rings (SSSR count). The van der Waals surface area contributed by atoms with E-state index in [0.29, 0.717) is 55.0 Å². The van der Waals surface area contributed by atoms with Crippen molar-refractivity contribution < 1.29 is 22.3 Å². The number of imidazole rings is 1. The van der Waals surface area contributed by atoms with Gasteiger partial charge >= 0.3 is 0 Å². The molecule has 4 aromatic rings. The van der Waals surface area contributed by atoms with E-state index in [9.17, 15) is 17.6 Å². The van der Waals surface area contributed by atoms with Crippen molar-refractivity contribution in [3.05, 3.63) is 65.9 Å². The van der Waals surface area contributed by atoms with Gasteiger partial charge in [0.05, 0.1) is 6.20 Å². The van der Waals surface area contributed by atoms with Gasteiger partial charge in [-0.15, -0.1) is 0 Å². The molecule has 11 heteroatoms. The van der Waals surface area contributed by atoms with Crippen LogP contribution in [0.2, 0.25) is 0 Å². The van der Waals surface area contributed by atoms with Gasteiger partial charge in [-0.3, -0.25) is 4.57 Å². The van der Waals surface area contributed by atoms with E-state index >= 15 is 0 Å². The maximum absolute atomic E-state index is 14.3. The first-order chi connectivity index (χ1) is 16.0. The van der Waals surface area contributed by atoms with Crippen molar-refractivity contribution in [2.24, 2.45) is 0 Å². The molecular weight excluding hydrogens is 440 g/mol. The van der Waals surface area contributed by atoms with Gasteiger partial charge in [0.2, 0.25) is 11.9 Å². The van der Waals surface area contributed by atoms with Crippen LogP contribution in [-0.4, -0.2) is 32.7 Å². The van der Waals surface area contributed by atoms with Crippen molar-refractivity contribution in [2.75, 3.05) is 23.8 Å². The van der Waals surface area contributed by atoms with E-state index in [0.717, 1.165) is 0 Å². The molecule has 0 aliphatic carbocycles. The lowest BCUT2D eigenvalue weighted by Crippen LogP contribution is -2.21. The van der Waals surface area contributed by atoms with Crippen molar-refractivity contribution in [3.8, 4) is 0 Å². The lowest BCUT2D eigenvalue weighted by molar-refractivity contribution is 0.0710. The van der Waals surface area contributed by atoms with Gasteiger partial charge in [-0.25, -0.2) is 27.5 Å². The lowest BCUT2D eigenvalue weighted by atomic mass is 10.1. The monoisotopic (exact) mass is 458 g/mol. The highest BCUT2D eigenvalue weighted by Gasteiger charge is 2.25. The van der Waals surface area contributed by atoms with Crippen LogP contribution in [0.4, 0.5) is 40.8 Å². The molecule has 2 aromatic carbocycles. The van der Waals surface area contributed by atoms with Gasteiger partial charge in [0.15, 0.2) is 17.3 Å². The van der Waals surface area contributed by atoms with Gasteiger partial charge in [0.25, 0.3) is 0 Å². The third kappa shape index (κ3) is 4.31. The van der Waals surface area contributed by atoms with Gasteiger partial charge in [-0.1, -0.05) is 0 Å². The number of nitrogens with one attached hydrogen (secondary N) is 2. The summed E-state index contributed by atoms with van der Waals surface area (Å²) in [5.74, 6) is -3.16. The molecule has 2 aromatic heterocycles. The fourth-order valence-electron chi connectivity index (χ4n) is 3.76. The van der Waals surface area contributed by atoms with Crippen molar-refractivity contribution in [1.82, 2.24) is 19.5 Å². The van der Waals surface area contributed by atoms with Gasteiger partial charge < -0.3 is 15.4 Å². The molecule has 0 saturated carbocycles. The van der Waals surface area contributed by atoms with E-state index in [1.165, 1.54) is 18.3 Å². The lowest BCUT2D eigenvalue weighted by Gasteiger charge is -2.25. The van der Waals surface area contributed by atoms with Crippen molar-refractivity contribution in [1.29, 1.82) is 0 Å². The topological polar surface area (TPSA) is 76.9 Å². The van der Waals surface area contributed by atoms with Crippen LogP contribution in [0, 0.1) is 23.3 Å². The first-order valence-electron chi connectivity index (χ1n) is 10.2. The maximum Gasteiger partial charge on any atom is 0.229 e. The Hall–Kier alpha value is -3.73. The van der Waals surface area contributed by atoms with Crippen molar-refractivity contribution >= 4 is 34.4 Å². The Morgan fingerprint density at radius 3 is 2.27 bits per heavy atom. The van der Waals surface area contributed by atoms with Crippen LogP contribution < -0.4 is 10.6 Å². The number of anilines is 4. The Kier molecular flexibility index (Phi) is 5.55. The van der Waals surface area contributed by atoms with E-state index in [1.54, 1.807) is 16.7 Å². The molecular formula is C22H18F4N6O. The summed E-state index contributed by atoms with van der Waals surface area (Å²) in [6.07, 6.45) is 2.76. The zero-order valence-electron chi connectivity index (χ0n) is 17.2. The van der Waals surface area contributed by atoms with Crippen LogP contribution in [0.1, 0.15) is 18.9 Å². The molecule has 170 valence electrons. The summed E-state index contributed by atoms with van der Waals surface area (Å²) < 4.78 is 62.3. The summed E-state index contributed by atoms with van der Waals surface area (Å²) in [6.45, 7) is 1.02. The highest BCUT2D eigenvalue weighted by atomic mass is 19.1. The standard InChI is InChI=1S/C22H18F4N6O/c23-12-1-3-14(4-2-12)28-21-27-11-18-20(31-21)32(15-5-7-33-8-6-15)22(29-18)30-19-16(25)9-13(24)10-17(19)26/h1-4,9-11,15H,5-8H2,(H,29,30)(H,27,28,31). The molecule has 1 saturated heterocycles. The fourth-order valence-corrected chi connectivity index (χ4v) is 3.76. The quantitative estimate of drug-likeness (QED) is 0.400. The van der Waals surface area contributed by atoms with Crippen LogP contribution in [-0.2, 0) is 4.74 Å². The van der Waals surface area contributed by atoms with Crippen LogP contribution in [0.15, 0.2) is 42.6 Å². The summed E-state index contributed by atoms with van der Waals surface area (Å²) in [5.41, 5.74) is 0.905. The van der Waals surface area contributed by atoms with E-state index in [4.69, 9.17) is 4.74 Å². The summed E-state index contributed by atoms with van der Waals surface area (Å²) in [6, 6.07) is 6.79. The summed E-state index contributed by atoms with van der Waals surface area (Å²) >= 11 is 0. The second-order valence-electron chi connectivity index (χ2n) is 7.55. The molecule has 0 radical (unpaired) electrons. The van der Waals surface area contributed by atoms with Crippen LogP contribution in [0.5, 0.6) is 0 Å². The predicted molar refractivity (Wildman–Crippen MR) is 114 cm³/mol. The largest absolute Gasteiger partial charge is 0.381 e. The molecule has 1 aliphatic rings. The SMILES string of the molecule is Fc1ccc(Nc2ncc3nc(Nc4c(F)cc(F)cc4F)n(C4CCOCC4)c3n2)cc1. The molecule has 0 unspecified atom stereocenters. The van der Waals surface area contributed by atoms with E-state index in [-0.39, 0.29) is 23.8 Å². The Morgan fingerprint density at radius 2 is 1.58 bits per heavy atom. The van der Waals surface area contributed by atoms with E-state index in [2.05, 4.69) is 25.6 Å². The Balaban J connectivity index is 1.57. The van der Waals surface area contributed by atoms with Gasteiger partial charge in [-0.05, 0) is 37.1 Å². The molecule has 0 amide bonds. The highest BCUT2D eigenvalue weighted by Crippen LogP contribution is 2.33. The zero-order valence-corrected chi connectivity index (χ0v) is 17.2. The summed E-state index contributed by atoms with van der Waals surface area (Å²) in [5, 5.41) is 5.66. The zero-order chi connectivity index (χ0) is 22.9.